The average molecular weight is 470 g/mol. The largest absolute Gasteiger partial charge is 0.493 e. The van der Waals surface area contributed by atoms with Crippen LogP contribution in [0.3, 0.4) is 0 Å². The zero-order valence-electron chi connectivity index (χ0n) is 18.5. The van der Waals surface area contributed by atoms with Crippen LogP contribution in [0.25, 0.3) is 0 Å². The van der Waals surface area contributed by atoms with E-state index >= 15 is 0 Å². The minimum Gasteiger partial charge on any atom is -0.493 e. The van der Waals surface area contributed by atoms with Crippen molar-refractivity contribution >= 4 is 35.0 Å². The minimum absolute atomic E-state index is 0.215. The van der Waals surface area contributed by atoms with E-state index in [9.17, 15) is 14.4 Å². The van der Waals surface area contributed by atoms with E-state index in [4.69, 9.17) is 21.1 Å². The van der Waals surface area contributed by atoms with Gasteiger partial charge >= 0.3 is 0 Å². The van der Waals surface area contributed by atoms with E-state index in [-0.39, 0.29) is 30.3 Å². The SMILES string of the molecule is COc1ccc(CCN2C(=O)[C@H]3[C@@H](C2=O)[C@@]2(N[C@@H]3C)C(=O)Nc3ccc(Cl)cc32)cc1OC. The van der Waals surface area contributed by atoms with Crippen LogP contribution in [0, 0.1) is 11.8 Å². The minimum atomic E-state index is -1.31. The summed E-state index contributed by atoms with van der Waals surface area (Å²) in [7, 11) is 3.12. The van der Waals surface area contributed by atoms with E-state index in [1.807, 2.05) is 19.1 Å². The molecule has 3 amide bonds. The van der Waals surface area contributed by atoms with Crippen molar-refractivity contribution in [3.63, 3.8) is 0 Å². The number of nitrogens with zero attached hydrogens (tertiary/aromatic N) is 1. The lowest BCUT2D eigenvalue weighted by Crippen LogP contribution is -2.53. The van der Waals surface area contributed by atoms with Gasteiger partial charge in [0.1, 0.15) is 5.54 Å². The molecule has 0 aliphatic carbocycles. The van der Waals surface area contributed by atoms with Gasteiger partial charge < -0.3 is 14.8 Å². The van der Waals surface area contributed by atoms with Gasteiger partial charge in [-0.3, -0.25) is 24.6 Å². The van der Waals surface area contributed by atoms with Gasteiger partial charge in [0.25, 0.3) is 0 Å². The normalized spacial score (nSPS) is 27.7. The summed E-state index contributed by atoms with van der Waals surface area (Å²) in [6.07, 6.45) is 0.459. The monoisotopic (exact) mass is 469 g/mol. The number of methoxy groups -OCH3 is 2. The second-order valence-corrected chi connectivity index (χ2v) is 9.09. The van der Waals surface area contributed by atoms with Gasteiger partial charge in [0.2, 0.25) is 17.7 Å². The lowest BCUT2D eigenvalue weighted by Gasteiger charge is -2.29. The number of rotatable bonds is 5. The summed E-state index contributed by atoms with van der Waals surface area (Å²) in [5.74, 6) is -1.20. The van der Waals surface area contributed by atoms with Crippen LogP contribution in [-0.2, 0) is 26.3 Å². The number of ether oxygens (including phenoxy) is 2. The van der Waals surface area contributed by atoms with Gasteiger partial charge in [-0.1, -0.05) is 17.7 Å². The smallest absolute Gasteiger partial charge is 0.250 e. The summed E-state index contributed by atoms with van der Waals surface area (Å²) in [6, 6.07) is 10.3. The number of anilines is 1. The number of halogens is 1. The quantitative estimate of drug-likeness (QED) is 0.652. The fraction of sp³-hybridized carbons (Fsp3) is 0.375. The molecule has 2 N–H and O–H groups in total. The number of carbonyl (C=O) groups is 3. The molecule has 2 aromatic carbocycles. The van der Waals surface area contributed by atoms with E-state index < -0.39 is 17.4 Å². The Hall–Kier alpha value is -3.10. The molecule has 2 fully saturated rings. The molecule has 4 atom stereocenters. The molecule has 2 aromatic rings. The summed E-state index contributed by atoms with van der Waals surface area (Å²) >= 11 is 6.22. The zero-order valence-corrected chi connectivity index (χ0v) is 19.2. The maximum atomic E-state index is 13.6. The summed E-state index contributed by atoms with van der Waals surface area (Å²) in [4.78, 5) is 41.4. The van der Waals surface area contributed by atoms with E-state index in [0.717, 1.165) is 5.56 Å². The fourth-order valence-electron chi connectivity index (χ4n) is 5.49. The van der Waals surface area contributed by atoms with Gasteiger partial charge in [0.05, 0.1) is 26.1 Å². The molecule has 3 aliphatic heterocycles. The zero-order chi connectivity index (χ0) is 23.5. The second kappa shape index (κ2) is 7.74. The Morgan fingerprint density at radius 2 is 1.79 bits per heavy atom. The number of hydrogen-bond acceptors (Lipinski definition) is 6. The molecule has 5 rings (SSSR count). The Morgan fingerprint density at radius 3 is 2.52 bits per heavy atom. The number of nitrogens with one attached hydrogen (secondary N) is 2. The maximum Gasteiger partial charge on any atom is 0.250 e. The maximum absolute atomic E-state index is 13.6. The summed E-state index contributed by atoms with van der Waals surface area (Å²) < 4.78 is 10.6. The van der Waals surface area contributed by atoms with Gasteiger partial charge in [-0.05, 0) is 49.2 Å². The first-order valence-corrected chi connectivity index (χ1v) is 11.1. The lowest BCUT2D eigenvalue weighted by molar-refractivity contribution is -0.142. The molecular formula is C24H24ClN3O5. The number of fused-ring (bicyclic) bond motifs is 4. The van der Waals surface area contributed by atoms with Gasteiger partial charge in [0, 0.05) is 28.9 Å². The van der Waals surface area contributed by atoms with Crippen molar-refractivity contribution in [3.05, 3.63) is 52.5 Å². The van der Waals surface area contributed by atoms with E-state index in [1.54, 1.807) is 38.5 Å². The summed E-state index contributed by atoms with van der Waals surface area (Å²) in [5.41, 5.74) is 0.813. The third-order valence-electron chi connectivity index (χ3n) is 6.99. The summed E-state index contributed by atoms with van der Waals surface area (Å²) in [5, 5.41) is 6.59. The van der Waals surface area contributed by atoms with Crippen molar-refractivity contribution < 1.29 is 23.9 Å². The predicted molar refractivity (Wildman–Crippen MR) is 121 cm³/mol. The molecular weight excluding hydrogens is 446 g/mol. The third kappa shape index (κ3) is 3.04. The second-order valence-electron chi connectivity index (χ2n) is 8.66. The Morgan fingerprint density at radius 1 is 1.03 bits per heavy atom. The average Bonchev–Trinajstić information content (AvgIpc) is 3.36. The van der Waals surface area contributed by atoms with Crippen LogP contribution in [0.4, 0.5) is 5.69 Å². The molecule has 3 heterocycles. The first-order chi connectivity index (χ1) is 15.8. The van der Waals surface area contributed by atoms with Crippen LogP contribution < -0.4 is 20.1 Å². The van der Waals surface area contributed by atoms with Gasteiger partial charge in [-0.15, -0.1) is 0 Å². The summed E-state index contributed by atoms with van der Waals surface area (Å²) in [6.45, 7) is 2.05. The number of benzene rings is 2. The molecule has 8 nitrogen and oxygen atoms in total. The van der Waals surface area contributed by atoms with Crippen molar-refractivity contribution in [2.75, 3.05) is 26.1 Å². The van der Waals surface area contributed by atoms with Crippen LogP contribution in [-0.4, -0.2) is 49.4 Å². The molecule has 0 unspecified atom stereocenters. The van der Waals surface area contributed by atoms with Crippen LogP contribution >= 0.6 is 11.6 Å². The van der Waals surface area contributed by atoms with E-state index in [0.29, 0.717) is 34.2 Å². The first kappa shape index (κ1) is 21.7. The molecule has 9 heteroatoms. The number of imide groups is 1. The Labute approximate surface area is 196 Å². The molecule has 0 bridgehead atoms. The number of likely N-dealkylation sites (tertiary alicyclic amines) is 1. The number of carbonyl (C=O) groups excluding carboxylic acids is 3. The van der Waals surface area contributed by atoms with Crippen LogP contribution in [0.2, 0.25) is 5.02 Å². The van der Waals surface area contributed by atoms with Crippen molar-refractivity contribution in [2.45, 2.75) is 24.9 Å². The molecule has 0 aromatic heterocycles. The molecule has 1 spiro atoms. The number of hydrogen-bond donors (Lipinski definition) is 2. The van der Waals surface area contributed by atoms with Crippen molar-refractivity contribution in [2.24, 2.45) is 11.8 Å². The Kier molecular flexibility index (Phi) is 5.10. The predicted octanol–water partition coefficient (Wildman–Crippen LogP) is 2.34. The van der Waals surface area contributed by atoms with Crippen molar-refractivity contribution in [3.8, 4) is 11.5 Å². The number of amides is 3. The van der Waals surface area contributed by atoms with Crippen LogP contribution in [0.5, 0.6) is 11.5 Å². The molecule has 2 saturated heterocycles. The molecule has 0 saturated carbocycles. The highest BCUT2D eigenvalue weighted by Crippen LogP contribution is 2.53. The molecule has 33 heavy (non-hydrogen) atoms. The highest BCUT2D eigenvalue weighted by atomic mass is 35.5. The third-order valence-corrected chi connectivity index (χ3v) is 7.22. The van der Waals surface area contributed by atoms with Crippen molar-refractivity contribution in [1.82, 2.24) is 10.2 Å². The van der Waals surface area contributed by atoms with E-state index in [1.165, 1.54) is 4.90 Å². The van der Waals surface area contributed by atoms with Crippen LogP contribution in [0.15, 0.2) is 36.4 Å². The lowest BCUT2D eigenvalue weighted by atomic mass is 9.76. The van der Waals surface area contributed by atoms with Crippen LogP contribution in [0.1, 0.15) is 18.1 Å². The molecule has 172 valence electrons. The van der Waals surface area contributed by atoms with Crippen molar-refractivity contribution in [1.29, 1.82) is 0 Å². The molecule has 3 aliphatic rings. The Bertz CT molecular complexity index is 1180. The van der Waals surface area contributed by atoms with Gasteiger partial charge in [-0.25, -0.2) is 0 Å². The molecule has 0 radical (unpaired) electrons. The van der Waals surface area contributed by atoms with Gasteiger partial charge in [-0.2, -0.15) is 0 Å². The van der Waals surface area contributed by atoms with E-state index in [2.05, 4.69) is 10.6 Å². The highest BCUT2D eigenvalue weighted by Gasteiger charge is 2.69. The highest BCUT2D eigenvalue weighted by molar-refractivity contribution is 6.31. The topological polar surface area (TPSA) is 97.0 Å². The first-order valence-electron chi connectivity index (χ1n) is 10.8. The standard InChI is InChI=1S/C24H24ClN3O5/c1-12-19-20(24(27-12)15-11-14(25)5-6-16(15)26-23(24)31)22(30)28(21(19)29)9-8-13-4-7-17(32-2)18(10-13)33-3/h4-7,10-12,19-20,27H,8-9H2,1-3H3,(H,26,31)/t12-,19-,20+,24-/m1/s1. The van der Waals surface area contributed by atoms with Gasteiger partial charge in [0.15, 0.2) is 11.5 Å². The Balaban J connectivity index is 1.45. The fourth-order valence-corrected chi connectivity index (χ4v) is 5.66.